The van der Waals surface area contributed by atoms with Gasteiger partial charge in [0.15, 0.2) is 0 Å². The zero-order valence-electron chi connectivity index (χ0n) is 6.59. The molecule has 58 valence electrons. The Morgan fingerprint density at radius 3 is 2.64 bits per heavy atom. The van der Waals surface area contributed by atoms with Crippen molar-refractivity contribution in [2.75, 3.05) is 0 Å². The van der Waals surface area contributed by atoms with Crippen molar-refractivity contribution in [3.63, 3.8) is 0 Å². The van der Waals surface area contributed by atoms with Gasteiger partial charge in [-0.1, -0.05) is 0 Å². The maximum Gasteiger partial charge on any atom is 0.120 e. The monoisotopic (exact) mass is 166 g/mol. The van der Waals surface area contributed by atoms with E-state index in [1.165, 1.54) is 0 Å². The lowest BCUT2D eigenvalue weighted by Crippen LogP contribution is -2.08. The van der Waals surface area contributed by atoms with Crippen LogP contribution < -0.4 is 5.73 Å². The molecule has 1 aromatic heterocycles. The Labute approximate surface area is 70.3 Å². The van der Waals surface area contributed by atoms with Gasteiger partial charge in [-0.25, -0.2) is 0 Å². The maximum atomic E-state index is 8.59. The van der Waals surface area contributed by atoms with Gasteiger partial charge in [0, 0.05) is 4.88 Å². The highest BCUT2D eigenvalue weighted by atomic mass is 32.1. The van der Waals surface area contributed by atoms with Gasteiger partial charge < -0.3 is 5.73 Å². The van der Waals surface area contributed by atoms with Gasteiger partial charge in [0.2, 0.25) is 0 Å². The minimum Gasteiger partial charge on any atom is -0.312 e. The van der Waals surface area contributed by atoms with E-state index in [-0.39, 0.29) is 0 Å². The van der Waals surface area contributed by atoms with Crippen LogP contribution in [0.4, 0.5) is 0 Å². The highest BCUT2D eigenvalue weighted by molar-refractivity contribution is 7.10. The van der Waals surface area contributed by atoms with Gasteiger partial charge in [-0.2, -0.15) is 5.26 Å². The topological polar surface area (TPSA) is 49.8 Å². The molecule has 0 radical (unpaired) electrons. The third-order valence-corrected chi connectivity index (χ3v) is 2.71. The summed E-state index contributed by atoms with van der Waals surface area (Å²) in [6, 6.07) is 1.58. The summed E-state index contributed by atoms with van der Waals surface area (Å²) in [6.07, 6.45) is 0. The zero-order chi connectivity index (χ0) is 8.43. The van der Waals surface area contributed by atoms with Gasteiger partial charge in [0.05, 0.1) is 6.07 Å². The van der Waals surface area contributed by atoms with Crippen molar-refractivity contribution in [2.45, 2.75) is 19.9 Å². The van der Waals surface area contributed by atoms with Crippen molar-refractivity contribution in [3.8, 4) is 6.07 Å². The van der Waals surface area contributed by atoms with Crippen LogP contribution in [0.1, 0.15) is 22.0 Å². The molecule has 0 spiro atoms. The Morgan fingerprint density at radius 2 is 2.27 bits per heavy atom. The molecule has 1 aromatic rings. The Bertz CT molecular complexity index is 276. The van der Waals surface area contributed by atoms with Gasteiger partial charge in [0.1, 0.15) is 6.04 Å². The summed E-state index contributed by atoms with van der Waals surface area (Å²) in [4.78, 5) is 1.15. The van der Waals surface area contributed by atoms with Crippen molar-refractivity contribution in [1.82, 2.24) is 0 Å². The molecule has 0 saturated carbocycles. The van der Waals surface area contributed by atoms with Crippen molar-refractivity contribution in [1.29, 1.82) is 5.26 Å². The molecule has 3 heteroatoms. The highest BCUT2D eigenvalue weighted by Gasteiger charge is 2.11. The average Bonchev–Trinajstić information content (AvgIpc) is 2.30. The van der Waals surface area contributed by atoms with Crippen LogP contribution >= 0.6 is 11.3 Å². The van der Waals surface area contributed by atoms with E-state index in [0.717, 1.165) is 16.0 Å². The number of hydrogen-bond donors (Lipinski definition) is 1. The van der Waals surface area contributed by atoms with E-state index in [2.05, 4.69) is 0 Å². The van der Waals surface area contributed by atoms with E-state index in [0.29, 0.717) is 0 Å². The number of rotatable bonds is 1. The summed E-state index contributed by atoms with van der Waals surface area (Å²) in [5.41, 5.74) is 7.71. The first-order valence-corrected chi connectivity index (χ1v) is 4.24. The molecule has 1 heterocycles. The molecular weight excluding hydrogens is 156 g/mol. The molecule has 0 fully saturated rings. The summed E-state index contributed by atoms with van der Waals surface area (Å²) in [6.45, 7) is 3.97. The van der Waals surface area contributed by atoms with Gasteiger partial charge in [-0.05, 0) is 30.4 Å². The predicted molar refractivity (Wildman–Crippen MR) is 46.3 cm³/mol. The van der Waals surface area contributed by atoms with E-state index in [4.69, 9.17) is 11.0 Å². The molecule has 2 nitrogen and oxygen atoms in total. The molecule has 1 atom stereocenters. The second kappa shape index (κ2) is 3.04. The molecule has 0 aliphatic rings. The first-order chi connectivity index (χ1) is 5.16. The van der Waals surface area contributed by atoms with Crippen molar-refractivity contribution in [2.24, 2.45) is 5.73 Å². The lowest BCUT2D eigenvalue weighted by Gasteiger charge is -2.02. The van der Waals surface area contributed by atoms with E-state index in [9.17, 15) is 0 Å². The second-order valence-corrected chi connectivity index (χ2v) is 3.58. The molecule has 11 heavy (non-hydrogen) atoms. The van der Waals surface area contributed by atoms with Gasteiger partial charge >= 0.3 is 0 Å². The zero-order valence-corrected chi connectivity index (χ0v) is 7.40. The Hall–Kier alpha value is -0.850. The van der Waals surface area contributed by atoms with Crippen LogP contribution in [0.15, 0.2) is 5.38 Å². The number of nitrogens with zero attached hydrogens (tertiary/aromatic N) is 1. The summed E-state index contributed by atoms with van der Waals surface area (Å²) >= 11 is 1.64. The van der Waals surface area contributed by atoms with Gasteiger partial charge in [0.25, 0.3) is 0 Å². The van der Waals surface area contributed by atoms with Crippen LogP contribution in [0.2, 0.25) is 0 Å². The number of nitriles is 1. The molecule has 2 N–H and O–H groups in total. The maximum absolute atomic E-state index is 8.59. The van der Waals surface area contributed by atoms with Crippen molar-refractivity contribution < 1.29 is 0 Å². The SMILES string of the molecule is Cc1csc(C)c1C(N)C#N. The van der Waals surface area contributed by atoms with Crippen LogP contribution in [0.25, 0.3) is 0 Å². The first-order valence-electron chi connectivity index (χ1n) is 3.36. The third kappa shape index (κ3) is 1.42. The average molecular weight is 166 g/mol. The first kappa shape index (κ1) is 8.25. The molecule has 0 saturated heterocycles. The fourth-order valence-corrected chi connectivity index (χ4v) is 2.01. The molecule has 0 aromatic carbocycles. The van der Waals surface area contributed by atoms with E-state index >= 15 is 0 Å². The number of hydrogen-bond acceptors (Lipinski definition) is 3. The number of nitrogens with two attached hydrogens (primary N) is 1. The van der Waals surface area contributed by atoms with Crippen LogP contribution in [0.5, 0.6) is 0 Å². The van der Waals surface area contributed by atoms with Gasteiger partial charge in [-0.15, -0.1) is 11.3 Å². The molecule has 0 aliphatic carbocycles. The van der Waals surface area contributed by atoms with Crippen LogP contribution in [0, 0.1) is 25.2 Å². The quantitative estimate of drug-likeness (QED) is 0.692. The van der Waals surface area contributed by atoms with E-state index in [1.807, 2.05) is 25.3 Å². The van der Waals surface area contributed by atoms with Crippen LogP contribution in [-0.4, -0.2) is 0 Å². The lowest BCUT2D eigenvalue weighted by atomic mass is 10.1. The summed E-state index contributed by atoms with van der Waals surface area (Å²) in [5, 5.41) is 10.6. The number of thiophene rings is 1. The third-order valence-electron chi connectivity index (χ3n) is 1.67. The van der Waals surface area contributed by atoms with Crippen molar-refractivity contribution >= 4 is 11.3 Å². The molecule has 1 unspecified atom stereocenters. The fourth-order valence-electron chi connectivity index (χ4n) is 1.11. The molecule has 0 amide bonds. The van der Waals surface area contributed by atoms with Crippen molar-refractivity contribution in [3.05, 3.63) is 21.4 Å². The summed E-state index contributed by atoms with van der Waals surface area (Å²) < 4.78 is 0. The minimum absolute atomic E-state index is 0.457. The van der Waals surface area contributed by atoms with Crippen LogP contribution in [0.3, 0.4) is 0 Å². The Balaban J connectivity index is 3.12. The lowest BCUT2D eigenvalue weighted by molar-refractivity contribution is 0.913. The number of aryl methyl sites for hydroxylation is 2. The summed E-state index contributed by atoms with van der Waals surface area (Å²) in [5.74, 6) is 0. The Morgan fingerprint density at radius 1 is 1.64 bits per heavy atom. The molecule has 1 rings (SSSR count). The normalized spacial score (nSPS) is 12.5. The largest absolute Gasteiger partial charge is 0.312 e. The van der Waals surface area contributed by atoms with Crippen LogP contribution in [-0.2, 0) is 0 Å². The predicted octanol–water partition coefficient (Wildman–Crippen LogP) is 1.89. The van der Waals surface area contributed by atoms with Gasteiger partial charge in [-0.3, -0.25) is 0 Å². The van der Waals surface area contributed by atoms with E-state index < -0.39 is 6.04 Å². The Kier molecular flexibility index (Phi) is 2.28. The second-order valence-electron chi connectivity index (χ2n) is 2.50. The fraction of sp³-hybridized carbons (Fsp3) is 0.375. The highest BCUT2D eigenvalue weighted by Crippen LogP contribution is 2.25. The minimum atomic E-state index is -0.457. The molecular formula is C8H10N2S. The smallest absolute Gasteiger partial charge is 0.120 e. The molecule has 0 aliphatic heterocycles. The summed E-state index contributed by atoms with van der Waals surface area (Å²) in [7, 11) is 0. The standard InChI is InChI=1S/C8H10N2S/c1-5-4-11-6(2)8(5)7(10)3-9/h4,7H,10H2,1-2H3. The van der Waals surface area contributed by atoms with E-state index in [1.54, 1.807) is 11.3 Å². The molecule has 0 bridgehead atoms.